The number of aromatic amines is 1. The van der Waals surface area contributed by atoms with E-state index in [1.54, 1.807) is 20.0 Å². The molecule has 0 amide bonds. The highest BCUT2D eigenvalue weighted by atomic mass is 19.1. The number of nitriles is 1. The van der Waals surface area contributed by atoms with Crippen LogP contribution in [0.15, 0.2) is 30.5 Å². The Hall–Kier alpha value is -3.97. The molecule has 1 aromatic carbocycles. The number of aromatic nitrogens is 3. The molecule has 1 unspecified atom stereocenters. The van der Waals surface area contributed by atoms with Gasteiger partial charge in [-0.3, -0.25) is 5.10 Å². The quantitative estimate of drug-likeness (QED) is 0.464. The summed E-state index contributed by atoms with van der Waals surface area (Å²) >= 11 is 0. The molecule has 9 nitrogen and oxygen atoms in total. The molecule has 0 saturated heterocycles. The van der Waals surface area contributed by atoms with Gasteiger partial charge in [0.1, 0.15) is 18.0 Å². The molecule has 0 aliphatic rings. The molecule has 0 saturated carbocycles. The number of nitrogens with zero attached hydrogens (tertiary/aromatic N) is 3. The van der Waals surface area contributed by atoms with Gasteiger partial charge >= 0.3 is 5.97 Å². The maximum Gasteiger partial charge on any atom is 0.336 e. The number of halogens is 1. The molecule has 3 aromatic rings. The number of nitrogens with one attached hydrogen (secondary N) is 2. The Bertz CT molecular complexity index is 1140. The number of carboxylic acids is 1. The van der Waals surface area contributed by atoms with E-state index >= 15 is 0 Å². The summed E-state index contributed by atoms with van der Waals surface area (Å²) in [4.78, 5) is 15.6. The van der Waals surface area contributed by atoms with Crippen molar-refractivity contribution in [3.05, 3.63) is 58.8 Å². The number of hydrogen-bond acceptors (Lipinski definition) is 7. The summed E-state index contributed by atoms with van der Waals surface area (Å²) in [5.41, 5.74) is 7.97. The molecule has 154 valence electrons. The first-order valence-electron chi connectivity index (χ1n) is 8.93. The van der Waals surface area contributed by atoms with Crippen LogP contribution in [0.4, 0.5) is 10.2 Å². The summed E-state index contributed by atoms with van der Waals surface area (Å²) in [6.07, 6.45) is 0.658. The number of H-pyrrole nitrogens is 1. The van der Waals surface area contributed by atoms with E-state index in [2.05, 4.69) is 20.5 Å². The van der Waals surface area contributed by atoms with E-state index in [0.717, 1.165) is 12.1 Å². The molecule has 0 spiro atoms. The Labute approximate surface area is 171 Å². The topological polar surface area (TPSA) is 150 Å². The van der Waals surface area contributed by atoms with Crippen LogP contribution in [0.5, 0.6) is 5.75 Å². The number of hydrogen-bond donors (Lipinski definition) is 4. The van der Waals surface area contributed by atoms with Gasteiger partial charge in [0.15, 0.2) is 17.3 Å². The Morgan fingerprint density at radius 1 is 1.47 bits per heavy atom. The van der Waals surface area contributed by atoms with Crippen molar-refractivity contribution >= 4 is 11.8 Å². The lowest BCUT2D eigenvalue weighted by Gasteiger charge is -2.18. The largest absolute Gasteiger partial charge is 0.482 e. The van der Waals surface area contributed by atoms with Crippen molar-refractivity contribution in [1.29, 1.82) is 5.26 Å². The first kappa shape index (κ1) is 20.8. The predicted molar refractivity (Wildman–Crippen MR) is 106 cm³/mol. The Kier molecular flexibility index (Phi) is 5.94. The van der Waals surface area contributed by atoms with Crippen LogP contribution in [-0.2, 0) is 6.54 Å². The number of pyridine rings is 1. The van der Waals surface area contributed by atoms with E-state index in [0.29, 0.717) is 23.4 Å². The van der Waals surface area contributed by atoms with Crippen LogP contribution in [0.1, 0.15) is 40.3 Å². The Balaban J connectivity index is 2.00. The smallest absolute Gasteiger partial charge is 0.336 e. The monoisotopic (exact) mass is 410 g/mol. The van der Waals surface area contributed by atoms with Gasteiger partial charge in [-0.2, -0.15) is 10.4 Å². The molecule has 1 atom stereocenters. The highest BCUT2D eigenvalue weighted by Gasteiger charge is 2.21. The molecular formula is C20H19FN6O3. The van der Waals surface area contributed by atoms with Crippen molar-refractivity contribution in [1.82, 2.24) is 20.5 Å². The van der Waals surface area contributed by atoms with Crippen molar-refractivity contribution in [3.8, 4) is 22.9 Å². The second kappa shape index (κ2) is 8.59. The Morgan fingerprint density at radius 3 is 2.90 bits per heavy atom. The number of nitrogens with two attached hydrogens (primary N) is 1. The van der Waals surface area contributed by atoms with Gasteiger partial charge in [-0.25, -0.2) is 14.2 Å². The summed E-state index contributed by atoms with van der Waals surface area (Å²) in [7, 11) is 1.76. The lowest BCUT2D eigenvalue weighted by molar-refractivity contribution is 0.0691. The molecule has 0 aliphatic carbocycles. The maximum absolute atomic E-state index is 13.7. The molecule has 0 aliphatic heterocycles. The van der Waals surface area contributed by atoms with Crippen molar-refractivity contribution < 1.29 is 19.0 Å². The Morgan fingerprint density at radius 2 is 2.23 bits per heavy atom. The third kappa shape index (κ3) is 4.06. The SMILES string of the molecule is CNCc1[nH]nc(C#N)c1-c1cnc(N)c(OC(C)c2cc(F)ccc2C(=O)O)c1. The molecule has 0 bridgehead atoms. The van der Waals surface area contributed by atoms with Gasteiger partial charge in [-0.1, -0.05) is 0 Å². The predicted octanol–water partition coefficient (Wildman–Crippen LogP) is 2.62. The molecule has 0 fully saturated rings. The normalized spacial score (nSPS) is 11.7. The van der Waals surface area contributed by atoms with Crippen molar-refractivity contribution in [2.75, 3.05) is 12.8 Å². The van der Waals surface area contributed by atoms with Crippen molar-refractivity contribution in [2.45, 2.75) is 19.6 Å². The third-order valence-corrected chi connectivity index (χ3v) is 4.46. The van der Waals surface area contributed by atoms with Crippen LogP contribution in [0, 0.1) is 17.1 Å². The summed E-state index contributed by atoms with van der Waals surface area (Å²) < 4.78 is 19.5. The fraction of sp³-hybridized carbons (Fsp3) is 0.200. The summed E-state index contributed by atoms with van der Waals surface area (Å²) in [5.74, 6) is -1.55. The fourth-order valence-corrected chi connectivity index (χ4v) is 3.08. The fourth-order valence-electron chi connectivity index (χ4n) is 3.08. The molecule has 3 rings (SSSR count). The molecule has 5 N–H and O–H groups in total. The van der Waals surface area contributed by atoms with E-state index in [1.165, 1.54) is 12.3 Å². The summed E-state index contributed by atoms with van der Waals surface area (Å²) in [5, 5.41) is 28.5. The molecular weight excluding hydrogens is 391 g/mol. The molecule has 30 heavy (non-hydrogen) atoms. The zero-order valence-electron chi connectivity index (χ0n) is 16.2. The number of benzene rings is 1. The van der Waals surface area contributed by atoms with E-state index in [9.17, 15) is 19.6 Å². The van der Waals surface area contributed by atoms with Crippen molar-refractivity contribution in [2.24, 2.45) is 0 Å². The zero-order valence-corrected chi connectivity index (χ0v) is 16.2. The second-order valence-electron chi connectivity index (χ2n) is 6.47. The maximum atomic E-state index is 13.7. The lowest BCUT2D eigenvalue weighted by Crippen LogP contribution is -2.12. The zero-order chi connectivity index (χ0) is 21.8. The second-order valence-corrected chi connectivity index (χ2v) is 6.47. The number of rotatable bonds is 7. The van der Waals surface area contributed by atoms with Gasteiger partial charge in [0.25, 0.3) is 0 Å². The van der Waals surface area contributed by atoms with Gasteiger partial charge in [-0.15, -0.1) is 0 Å². The summed E-state index contributed by atoms with van der Waals surface area (Å²) in [6, 6.07) is 6.97. The number of aromatic carboxylic acids is 1. The van der Waals surface area contributed by atoms with Crippen LogP contribution in [-0.4, -0.2) is 33.3 Å². The number of carboxylic acid groups (broad SMARTS) is 1. The van der Waals surface area contributed by atoms with Gasteiger partial charge < -0.3 is 20.9 Å². The van der Waals surface area contributed by atoms with Gasteiger partial charge in [0.05, 0.1) is 11.3 Å². The average Bonchev–Trinajstić information content (AvgIpc) is 3.12. The molecule has 2 heterocycles. The summed E-state index contributed by atoms with van der Waals surface area (Å²) in [6.45, 7) is 2.02. The van der Waals surface area contributed by atoms with Gasteiger partial charge in [0, 0.05) is 29.4 Å². The number of nitrogen functional groups attached to an aromatic ring is 1. The van der Waals surface area contributed by atoms with Crippen LogP contribution < -0.4 is 15.8 Å². The molecule has 2 aromatic heterocycles. The lowest BCUT2D eigenvalue weighted by atomic mass is 10.0. The minimum Gasteiger partial charge on any atom is -0.482 e. The van der Waals surface area contributed by atoms with Crippen LogP contribution in [0.2, 0.25) is 0 Å². The molecule has 10 heteroatoms. The highest BCUT2D eigenvalue weighted by molar-refractivity contribution is 5.89. The minimum absolute atomic E-state index is 0.0658. The van der Waals surface area contributed by atoms with Crippen LogP contribution in [0.3, 0.4) is 0 Å². The molecule has 0 radical (unpaired) electrons. The van der Waals surface area contributed by atoms with E-state index in [4.69, 9.17) is 10.5 Å². The first-order chi connectivity index (χ1) is 14.3. The number of carbonyl (C=O) groups is 1. The van der Waals surface area contributed by atoms with E-state index in [-0.39, 0.29) is 28.4 Å². The standard InChI is InChI=1S/C20H19FN6O3/c1-10(14-6-12(21)3-4-13(14)20(28)29)30-17-5-11(8-25-19(17)23)18-15(7-22)26-27-16(18)9-24-2/h3-6,8,10,24H,9H2,1-2H3,(H2,23,25)(H,26,27)(H,28,29). The third-order valence-electron chi connectivity index (χ3n) is 4.46. The van der Waals surface area contributed by atoms with Crippen LogP contribution in [0.25, 0.3) is 11.1 Å². The van der Waals surface area contributed by atoms with Gasteiger partial charge in [0.2, 0.25) is 0 Å². The highest BCUT2D eigenvalue weighted by Crippen LogP contribution is 2.33. The number of ether oxygens (including phenoxy) is 1. The minimum atomic E-state index is -1.20. The van der Waals surface area contributed by atoms with E-state index < -0.39 is 17.9 Å². The van der Waals surface area contributed by atoms with E-state index in [1.807, 2.05) is 6.07 Å². The van der Waals surface area contributed by atoms with Crippen molar-refractivity contribution in [3.63, 3.8) is 0 Å². The average molecular weight is 410 g/mol. The number of anilines is 1. The van der Waals surface area contributed by atoms with Crippen LogP contribution >= 0.6 is 0 Å². The van der Waals surface area contributed by atoms with Gasteiger partial charge in [-0.05, 0) is 38.2 Å². The first-order valence-corrected chi connectivity index (χ1v) is 8.93.